The third-order valence-corrected chi connectivity index (χ3v) is 4.99. The van der Waals surface area contributed by atoms with Crippen molar-refractivity contribution in [1.29, 1.82) is 0 Å². The summed E-state index contributed by atoms with van der Waals surface area (Å²) in [5.74, 6) is 0.00561. The summed E-state index contributed by atoms with van der Waals surface area (Å²) >= 11 is 12.0. The van der Waals surface area contributed by atoms with Gasteiger partial charge in [0.25, 0.3) is 0 Å². The summed E-state index contributed by atoms with van der Waals surface area (Å²) in [5.41, 5.74) is 0.179. The first-order chi connectivity index (χ1) is 12.5. The van der Waals surface area contributed by atoms with Crippen molar-refractivity contribution < 1.29 is 14.3 Å². The predicted octanol–water partition coefficient (Wildman–Crippen LogP) is 4.04. The Balaban J connectivity index is 1.67. The quantitative estimate of drug-likeness (QED) is 0.728. The minimum Gasteiger partial charge on any atom is -0.496 e. The van der Waals surface area contributed by atoms with E-state index in [2.05, 4.69) is 10.6 Å². The molecule has 1 aliphatic carbocycles. The number of rotatable bonds is 6. The van der Waals surface area contributed by atoms with E-state index in [9.17, 15) is 9.59 Å². The summed E-state index contributed by atoms with van der Waals surface area (Å²) in [6, 6.07) is 12.2. The van der Waals surface area contributed by atoms with Crippen LogP contribution < -0.4 is 15.4 Å². The van der Waals surface area contributed by atoms with Crippen molar-refractivity contribution in [2.24, 2.45) is 5.41 Å². The van der Waals surface area contributed by atoms with E-state index < -0.39 is 5.41 Å². The summed E-state index contributed by atoms with van der Waals surface area (Å²) in [6.45, 7) is 0.287. The topological polar surface area (TPSA) is 67.4 Å². The molecule has 5 nitrogen and oxygen atoms in total. The number of carbonyl (C=O) groups is 2. The fourth-order valence-electron chi connectivity index (χ4n) is 2.71. The fraction of sp³-hybridized carbons (Fsp3) is 0.263. The van der Waals surface area contributed by atoms with E-state index in [1.165, 1.54) is 0 Å². The number of anilines is 1. The minimum atomic E-state index is -1.06. The molecule has 0 aromatic heterocycles. The monoisotopic (exact) mass is 392 g/mol. The smallest absolute Gasteiger partial charge is 0.240 e. The van der Waals surface area contributed by atoms with Gasteiger partial charge in [-0.25, -0.2) is 0 Å². The summed E-state index contributed by atoms with van der Waals surface area (Å²) in [4.78, 5) is 25.2. The molecular formula is C19H18Cl2N2O3. The van der Waals surface area contributed by atoms with E-state index in [1.807, 2.05) is 24.3 Å². The van der Waals surface area contributed by atoms with Crippen LogP contribution in [0.4, 0.5) is 5.69 Å². The molecule has 26 heavy (non-hydrogen) atoms. The zero-order valence-electron chi connectivity index (χ0n) is 14.1. The predicted molar refractivity (Wildman–Crippen MR) is 102 cm³/mol. The van der Waals surface area contributed by atoms with Gasteiger partial charge in [-0.05, 0) is 37.1 Å². The van der Waals surface area contributed by atoms with E-state index in [0.29, 0.717) is 34.3 Å². The fourth-order valence-corrected chi connectivity index (χ4v) is 3.05. The molecule has 0 radical (unpaired) electrons. The Hall–Kier alpha value is -2.24. The largest absolute Gasteiger partial charge is 0.496 e. The van der Waals surface area contributed by atoms with Crippen LogP contribution in [0.3, 0.4) is 0 Å². The molecule has 0 unspecified atom stereocenters. The average molecular weight is 393 g/mol. The van der Waals surface area contributed by atoms with E-state index in [-0.39, 0.29) is 18.4 Å². The Morgan fingerprint density at radius 1 is 1.12 bits per heavy atom. The van der Waals surface area contributed by atoms with E-state index in [0.717, 1.165) is 5.56 Å². The van der Waals surface area contributed by atoms with Crippen molar-refractivity contribution in [2.75, 3.05) is 12.4 Å². The van der Waals surface area contributed by atoms with Crippen molar-refractivity contribution in [3.63, 3.8) is 0 Å². The van der Waals surface area contributed by atoms with Crippen LogP contribution in [-0.2, 0) is 16.1 Å². The van der Waals surface area contributed by atoms with Gasteiger partial charge in [0, 0.05) is 17.1 Å². The highest BCUT2D eigenvalue weighted by Gasteiger charge is 2.56. The number of ether oxygens (including phenoxy) is 1. The zero-order valence-corrected chi connectivity index (χ0v) is 15.7. The van der Waals surface area contributed by atoms with Crippen LogP contribution in [0.15, 0.2) is 42.5 Å². The molecule has 0 saturated heterocycles. The lowest BCUT2D eigenvalue weighted by molar-refractivity contribution is -0.134. The second kappa shape index (κ2) is 7.56. The Morgan fingerprint density at radius 2 is 1.85 bits per heavy atom. The summed E-state index contributed by atoms with van der Waals surface area (Å²) in [7, 11) is 1.57. The SMILES string of the molecule is COc1ccccc1CNC(=O)C1(C(=O)Nc2cc(Cl)ccc2Cl)CC1. The Labute approximate surface area is 161 Å². The van der Waals surface area contributed by atoms with Crippen LogP contribution in [0.25, 0.3) is 0 Å². The maximum absolute atomic E-state index is 12.6. The second-order valence-electron chi connectivity index (χ2n) is 6.15. The van der Waals surface area contributed by atoms with Crippen LogP contribution in [0.1, 0.15) is 18.4 Å². The lowest BCUT2D eigenvalue weighted by Gasteiger charge is -2.17. The normalized spacial score (nSPS) is 14.4. The number of hydrogen-bond donors (Lipinski definition) is 2. The van der Waals surface area contributed by atoms with E-state index in [4.69, 9.17) is 27.9 Å². The van der Waals surface area contributed by atoms with E-state index >= 15 is 0 Å². The zero-order chi connectivity index (χ0) is 18.7. The molecule has 0 atom stereocenters. The Bertz CT molecular complexity index is 850. The molecule has 0 bridgehead atoms. The molecule has 2 amide bonds. The highest BCUT2D eigenvalue weighted by Crippen LogP contribution is 2.47. The van der Waals surface area contributed by atoms with Crippen LogP contribution in [0.5, 0.6) is 5.75 Å². The number of nitrogens with one attached hydrogen (secondary N) is 2. The number of amides is 2. The molecule has 0 aliphatic heterocycles. The summed E-state index contributed by atoms with van der Waals surface area (Å²) < 4.78 is 5.27. The first kappa shape index (κ1) is 18.5. The molecule has 2 aromatic rings. The molecule has 0 spiro atoms. The summed E-state index contributed by atoms with van der Waals surface area (Å²) in [5, 5.41) is 6.37. The molecule has 1 aliphatic rings. The van der Waals surface area contributed by atoms with Gasteiger partial charge in [-0.2, -0.15) is 0 Å². The van der Waals surface area contributed by atoms with Crippen molar-refractivity contribution in [3.8, 4) is 5.75 Å². The molecule has 1 fully saturated rings. The lowest BCUT2D eigenvalue weighted by atomic mass is 10.0. The van der Waals surface area contributed by atoms with Gasteiger partial charge in [0.05, 0.1) is 17.8 Å². The van der Waals surface area contributed by atoms with Crippen LogP contribution in [0.2, 0.25) is 10.0 Å². The van der Waals surface area contributed by atoms with Gasteiger partial charge in [0.2, 0.25) is 11.8 Å². The number of hydrogen-bond acceptors (Lipinski definition) is 3. The second-order valence-corrected chi connectivity index (χ2v) is 7.00. The number of carbonyl (C=O) groups excluding carboxylic acids is 2. The molecule has 2 aromatic carbocycles. The van der Waals surface area contributed by atoms with Crippen molar-refractivity contribution in [1.82, 2.24) is 5.32 Å². The van der Waals surface area contributed by atoms with E-state index in [1.54, 1.807) is 25.3 Å². The van der Waals surface area contributed by atoms with Gasteiger partial charge in [0.15, 0.2) is 0 Å². The number of halogens is 2. The molecule has 2 N–H and O–H groups in total. The molecule has 3 rings (SSSR count). The third kappa shape index (κ3) is 3.79. The third-order valence-electron chi connectivity index (χ3n) is 4.43. The highest BCUT2D eigenvalue weighted by molar-refractivity contribution is 6.36. The summed E-state index contributed by atoms with van der Waals surface area (Å²) in [6.07, 6.45) is 0.990. The average Bonchev–Trinajstić information content (AvgIpc) is 3.45. The molecule has 7 heteroatoms. The Morgan fingerprint density at radius 3 is 2.54 bits per heavy atom. The van der Waals surface area contributed by atoms with Crippen molar-refractivity contribution in [3.05, 3.63) is 58.1 Å². The highest BCUT2D eigenvalue weighted by atomic mass is 35.5. The Kier molecular flexibility index (Phi) is 5.39. The maximum atomic E-state index is 12.6. The number of benzene rings is 2. The van der Waals surface area contributed by atoms with Gasteiger partial charge in [0.1, 0.15) is 11.2 Å². The number of para-hydroxylation sites is 1. The molecule has 1 saturated carbocycles. The van der Waals surface area contributed by atoms with Crippen LogP contribution >= 0.6 is 23.2 Å². The van der Waals surface area contributed by atoms with Gasteiger partial charge in [-0.1, -0.05) is 41.4 Å². The minimum absolute atomic E-state index is 0.287. The van der Waals surface area contributed by atoms with Crippen LogP contribution in [0, 0.1) is 5.41 Å². The van der Waals surface area contributed by atoms with Gasteiger partial charge >= 0.3 is 0 Å². The maximum Gasteiger partial charge on any atom is 0.240 e. The first-order valence-electron chi connectivity index (χ1n) is 8.13. The van der Waals surface area contributed by atoms with Crippen molar-refractivity contribution >= 4 is 40.7 Å². The standard InChI is InChI=1S/C19H18Cl2N2O3/c1-26-16-5-3-2-4-12(16)11-22-17(24)19(8-9-19)18(25)23-15-10-13(20)6-7-14(15)21/h2-7,10H,8-9,11H2,1H3,(H,22,24)(H,23,25). The lowest BCUT2D eigenvalue weighted by Crippen LogP contribution is -2.39. The van der Waals surface area contributed by atoms with Gasteiger partial charge in [-0.3, -0.25) is 9.59 Å². The van der Waals surface area contributed by atoms with Crippen LogP contribution in [-0.4, -0.2) is 18.9 Å². The molecular weight excluding hydrogens is 375 g/mol. The van der Waals surface area contributed by atoms with Gasteiger partial charge < -0.3 is 15.4 Å². The molecule has 0 heterocycles. The van der Waals surface area contributed by atoms with Gasteiger partial charge in [-0.15, -0.1) is 0 Å². The van der Waals surface area contributed by atoms with Crippen molar-refractivity contribution in [2.45, 2.75) is 19.4 Å². The molecule has 136 valence electrons. The number of methoxy groups -OCH3 is 1. The first-order valence-corrected chi connectivity index (χ1v) is 8.88.